The van der Waals surface area contributed by atoms with Gasteiger partial charge >= 0.3 is 371 Å². The Morgan fingerprint density at radius 2 is 1.49 bits per heavy atom. The van der Waals surface area contributed by atoms with Crippen molar-refractivity contribution < 1.29 is 86.7 Å². The van der Waals surface area contributed by atoms with Crippen molar-refractivity contribution >= 4 is 83.3 Å². The SMILES string of the molecule is CCC(C)(BC[C](C)([Co][CH2][CH]([Co][CH2]C(C)(SC(C)=S)C(=O)OCCOC(=S)NC)c1ccc(B(O)O)cc1)C(=O)OCCOCCOC)C(=O)OCC[N+](C)(C)C. The molecule has 0 saturated heterocycles. The van der Waals surface area contributed by atoms with Crippen LogP contribution in [-0.4, -0.2) is 149 Å². The summed E-state index contributed by atoms with van der Waals surface area (Å²) in [6, 6.07) is 6.93. The number of benzene rings is 1. The van der Waals surface area contributed by atoms with Crippen LogP contribution in [0.2, 0.25) is 26.7 Å². The zero-order valence-corrected chi connectivity index (χ0v) is 39.6. The van der Waals surface area contributed by atoms with Crippen LogP contribution in [0.3, 0.4) is 0 Å². The number of carbonyl (C=O) groups is 3. The van der Waals surface area contributed by atoms with Gasteiger partial charge in [0.2, 0.25) is 0 Å². The Morgan fingerprint density at radius 3 is 2.05 bits per heavy atom. The fourth-order valence-electron chi connectivity index (χ4n) is 4.71. The molecule has 4 unspecified atom stereocenters. The van der Waals surface area contributed by atoms with Crippen LogP contribution in [0.15, 0.2) is 24.3 Å². The monoisotopic (exact) mass is 947 g/mol. The third-order valence-corrected chi connectivity index (χ3v) is 14.8. The summed E-state index contributed by atoms with van der Waals surface area (Å²) in [7, 11) is 8.07. The Morgan fingerprint density at radius 1 is 0.912 bits per heavy atom. The maximum absolute atomic E-state index is 14.0. The van der Waals surface area contributed by atoms with Crippen molar-refractivity contribution in [2.24, 2.45) is 0 Å². The van der Waals surface area contributed by atoms with E-state index >= 15 is 0 Å². The van der Waals surface area contributed by atoms with E-state index in [0.717, 1.165) is 35.0 Å². The van der Waals surface area contributed by atoms with Crippen molar-refractivity contribution in [2.75, 3.05) is 88.1 Å². The van der Waals surface area contributed by atoms with E-state index < -0.39 is 33.5 Å². The number of nitrogens with one attached hydrogen (secondary N) is 1. The Labute approximate surface area is 368 Å². The molecule has 3 N–H and O–H groups in total. The molecule has 0 saturated carbocycles. The van der Waals surface area contributed by atoms with E-state index in [0.29, 0.717) is 64.6 Å². The van der Waals surface area contributed by atoms with Crippen LogP contribution in [0.4, 0.5) is 0 Å². The molecule has 0 aliphatic rings. The minimum absolute atomic E-state index is 0.00543. The van der Waals surface area contributed by atoms with E-state index in [4.69, 9.17) is 52.9 Å². The second kappa shape index (κ2) is 26.8. The fourth-order valence-corrected chi connectivity index (χ4v) is 10.1. The molecule has 20 heteroatoms. The average molecular weight is 948 g/mol. The van der Waals surface area contributed by atoms with Gasteiger partial charge in [-0.05, 0) is 0 Å². The molecule has 328 valence electrons. The van der Waals surface area contributed by atoms with Crippen molar-refractivity contribution in [1.29, 1.82) is 0 Å². The first-order valence-corrected chi connectivity index (χ1v) is 22.8. The third kappa shape index (κ3) is 20.7. The topological polar surface area (TPSA) is 159 Å². The van der Waals surface area contributed by atoms with Gasteiger partial charge in [-0.1, -0.05) is 0 Å². The van der Waals surface area contributed by atoms with Gasteiger partial charge < -0.3 is 0 Å². The van der Waals surface area contributed by atoms with Gasteiger partial charge in [0.15, 0.2) is 0 Å². The van der Waals surface area contributed by atoms with E-state index in [-0.39, 0.29) is 49.0 Å². The number of ether oxygens (including phenoxy) is 6. The summed E-state index contributed by atoms with van der Waals surface area (Å²) in [6.07, 6.45) is 0.863. The summed E-state index contributed by atoms with van der Waals surface area (Å²) in [5.41, 5.74) is 1.21. The van der Waals surface area contributed by atoms with Gasteiger partial charge in [0, 0.05) is 0 Å². The summed E-state index contributed by atoms with van der Waals surface area (Å²) in [5.74, 6) is -1.16. The Hall–Kier alpha value is -1.30. The number of esters is 3. The van der Waals surface area contributed by atoms with Crippen molar-refractivity contribution in [1.82, 2.24) is 5.32 Å². The van der Waals surface area contributed by atoms with E-state index in [1.54, 1.807) is 40.1 Å². The summed E-state index contributed by atoms with van der Waals surface area (Å²) in [6.45, 7) is 11.3. The van der Waals surface area contributed by atoms with Crippen LogP contribution in [0.1, 0.15) is 51.5 Å². The van der Waals surface area contributed by atoms with E-state index in [1.807, 2.05) is 54.0 Å². The third-order valence-electron chi connectivity index (χ3n) is 8.75. The number of hydrogen-bond acceptors (Lipinski definition) is 14. The number of thioether (sulfide) groups is 1. The number of hydrogen-bond donors (Lipinski definition) is 3. The second-order valence-corrected chi connectivity index (χ2v) is 21.2. The Kier molecular flexibility index (Phi) is 25.3. The zero-order chi connectivity index (χ0) is 43.3. The minimum atomic E-state index is -1.64. The van der Waals surface area contributed by atoms with Crippen LogP contribution in [0, 0.1) is 0 Å². The first kappa shape index (κ1) is 53.7. The van der Waals surface area contributed by atoms with E-state index in [2.05, 4.69) is 5.32 Å². The number of methoxy groups -OCH3 is 1. The molecule has 0 fully saturated rings. The molecule has 1 aromatic rings. The van der Waals surface area contributed by atoms with Crippen LogP contribution < -0.4 is 10.8 Å². The number of rotatable bonds is 28. The number of thiocarbonyl (C=S) groups is 2. The molecule has 4 atom stereocenters. The van der Waals surface area contributed by atoms with Crippen LogP contribution in [0.25, 0.3) is 0 Å². The Bertz CT molecular complexity index is 1430. The van der Waals surface area contributed by atoms with Gasteiger partial charge in [-0.25, -0.2) is 0 Å². The molecule has 0 spiro atoms. The molecule has 0 radical (unpaired) electrons. The molecule has 13 nitrogen and oxygen atoms in total. The van der Waals surface area contributed by atoms with E-state index in [1.165, 1.54) is 11.8 Å². The van der Waals surface area contributed by atoms with Crippen LogP contribution >= 0.6 is 36.2 Å². The van der Waals surface area contributed by atoms with Gasteiger partial charge in [-0.2, -0.15) is 0 Å². The number of nitrogens with zero attached hydrogens (tertiary/aromatic N) is 1. The number of likely N-dealkylation sites (N-methyl/N-ethyl adjacent to an activating group) is 1. The molecule has 1 rings (SSSR count). The molecule has 1 aromatic carbocycles. The first-order valence-electron chi connectivity index (χ1n) is 18.6. The average Bonchev–Trinajstić information content (AvgIpc) is 3.15. The maximum atomic E-state index is 14.0. The van der Waals surface area contributed by atoms with Gasteiger partial charge in [0.05, 0.1) is 0 Å². The standard InChI is InChI=1S/C19H38BNO6.C10H16NO3S3.C8H9BO2.2Co/c1-8-19(3,18(23)27-10-9-21(4,5)6)20-15-16(2)17(22)26-14-13-25-12-11-24-7;1-7(15)17-10(2,3)8(12)13-5-6-14-9(16)11-4;1-2-7-3-5-8(6-4-7)9(10)11;;/h20H,8-15H2,1-7H3;2,5-6H2,1,3-4H3,(H,11,16);2-6,10-11H,1H2;;/q+1;;;;. The van der Waals surface area contributed by atoms with Crippen LogP contribution in [-0.2, 0) is 72.2 Å². The molecule has 0 aliphatic heterocycles. The molecule has 57 heavy (non-hydrogen) atoms. The van der Waals surface area contributed by atoms with Crippen molar-refractivity contribution in [2.45, 2.75) is 77.3 Å². The van der Waals surface area contributed by atoms with Gasteiger partial charge in [-0.15, -0.1) is 0 Å². The summed E-state index contributed by atoms with van der Waals surface area (Å²) in [5, 5.41) is 22.4. The molecular weight excluding hydrogens is 884 g/mol. The van der Waals surface area contributed by atoms with Gasteiger partial charge in [-0.3, -0.25) is 0 Å². The number of carbonyl (C=O) groups excluding carboxylic acids is 3. The van der Waals surface area contributed by atoms with Gasteiger partial charge in [0.25, 0.3) is 0 Å². The van der Waals surface area contributed by atoms with Crippen molar-refractivity contribution in [3.63, 3.8) is 0 Å². The summed E-state index contributed by atoms with van der Waals surface area (Å²) < 4.78 is 32.2. The van der Waals surface area contributed by atoms with Crippen molar-refractivity contribution in [3.8, 4) is 0 Å². The quantitative estimate of drug-likeness (QED) is 0.0280. The molecule has 0 bridgehead atoms. The summed E-state index contributed by atoms with van der Waals surface area (Å²) in [4.78, 5) is 40.8. The molecule has 0 amide bonds. The van der Waals surface area contributed by atoms with Gasteiger partial charge in [0.1, 0.15) is 0 Å². The normalized spacial score (nSPS) is 15.3. The van der Waals surface area contributed by atoms with E-state index in [9.17, 15) is 24.4 Å². The first-order chi connectivity index (χ1) is 26.6. The predicted molar refractivity (Wildman–Crippen MR) is 228 cm³/mol. The fraction of sp³-hybridized carbons (Fsp3) is 0.703. The molecule has 0 aliphatic carbocycles. The summed E-state index contributed by atoms with van der Waals surface area (Å²) >= 11 is 13.3. The number of quaternary nitrogens is 1. The Balaban J connectivity index is 3.43. The second-order valence-electron chi connectivity index (χ2n) is 14.8. The molecule has 0 heterocycles. The molecule has 0 aromatic heterocycles. The predicted octanol–water partition coefficient (Wildman–Crippen LogP) is 3.39. The zero-order valence-electron chi connectivity index (χ0n) is 35.1. The van der Waals surface area contributed by atoms with Crippen molar-refractivity contribution in [3.05, 3.63) is 29.8 Å². The van der Waals surface area contributed by atoms with Crippen LogP contribution in [0.5, 0.6) is 0 Å². The molecular formula is C37H63B2Co2N2O11S3+.